The van der Waals surface area contributed by atoms with Crippen LogP contribution >= 0.6 is 11.8 Å². The SMILES string of the molecule is Cn1cnnc1SCc1cccc(/C=C/C(=O)O)c1. The number of aryl methyl sites for hydroxylation is 1. The summed E-state index contributed by atoms with van der Waals surface area (Å²) in [5, 5.41) is 17.3. The lowest BCUT2D eigenvalue weighted by Crippen LogP contribution is -1.90. The first kappa shape index (κ1) is 13.4. The predicted molar refractivity (Wildman–Crippen MR) is 73.7 cm³/mol. The second kappa shape index (κ2) is 6.19. The van der Waals surface area contributed by atoms with Crippen LogP contribution in [0.3, 0.4) is 0 Å². The lowest BCUT2D eigenvalue weighted by Gasteiger charge is -2.02. The van der Waals surface area contributed by atoms with Crippen LogP contribution in [0.15, 0.2) is 41.8 Å². The molecule has 98 valence electrons. The van der Waals surface area contributed by atoms with Gasteiger partial charge in [0.1, 0.15) is 6.33 Å². The van der Waals surface area contributed by atoms with E-state index in [-0.39, 0.29) is 0 Å². The third kappa shape index (κ3) is 3.96. The number of hydrogen-bond acceptors (Lipinski definition) is 4. The molecule has 2 rings (SSSR count). The molecule has 0 saturated carbocycles. The van der Waals surface area contributed by atoms with Gasteiger partial charge in [0.15, 0.2) is 5.16 Å². The van der Waals surface area contributed by atoms with Gasteiger partial charge < -0.3 is 9.67 Å². The summed E-state index contributed by atoms with van der Waals surface area (Å²) in [5.41, 5.74) is 1.99. The number of nitrogens with zero attached hydrogens (tertiary/aromatic N) is 3. The minimum absolute atomic E-state index is 0.765. The first-order valence-corrected chi connectivity index (χ1v) is 6.60. The van der Waals surface area contributed by atoms with Gasteiger partial charge in [0.05, 0.1) is 0 Å². The molecule has 0 fully saturated rings. The minimum atomic E-state index is -0.945. The summed E-state index contributed by atoms with van der Waals surface area (Å²) in [6, 6.07) is 7.74. The fraction of sp³-hybridized carbons (Fsp3) is 0.154. The fourth-order valence-corrected chi connectivity index (χ4v) is 2.34. The van der Waals surface area contributed by atoms with Crippen LogP contribution in [-0.4, -0.2) is 25.8 Å². The Hall–Kier alpha value is -2.08. The molecule has 0 atom stereocenters. The van der Waals surface area contributed by atoms with Crippen molar-refractivity contribution in [2.75, 3.05) is 0 Å². The van der Waals surface area contributed by atoms with E-state index in [2.05, 4.69) is 10.2 Å². The second-order valence-electron chi connectivity index (χ2n) is 3.93. The van der Waals surface area contributed by atoms with E-state index in [1.807, 2.05) is 35.9 Å². The molecule has 1 aromatic carbocycles. The van der Waals surface area contributed by atoms with Gasteiger partial charge in [-0.3, -0.25) is 0 Å². The van der Waals surface area contributed by atoms with Gasteiger partial charge >= 0.3 is 5.97 Å². The van der Waals surface area contributed by atoms with Gasteiger partial charge in [-0.15, -0.1) is 10.2 Å². The van der Waals surface area contributed by atoms with Gasteiger partial charge in [0.2, 0.25) is 0 Å². The Morgan fingerprint density at radius 3 is 3.05 bits per heavy atom. The molecular formula is C13H13N3O2S. The Morgan fingerprint density at radius 1 is 1.53 bits per heavy atom. The zero-order valence-corrected chi connectivity index (χ0v) is 11.2. The number of hydrogen-bond donors (Lipinski definition) is 1. The van der Waals surface area contributed by atoms with E-state index in [1.165, 1.54) is 0 Å². The van der Waals surface area contributed by atoms with Gasteiger partial charge in [-0.05, 0) is 17.2 Å². The predicted octanol–water partition coefficient (Wildman–Crippen LogP) is 2.21. The summed E-state index contributed by atoms with van der Waals surface area (Å²) in [4.78, 5) is 10.5. The van der Waals surface area contributed by atoms with Gasteiger partial charge in [-0.2, -0.15) is 0 Å². The van der Waals surface area contributed by atoms with Crippen LogP contribution in [0.1, 0.15) is 11.1 Å². The Kier molecular flexibility index (Phi) is 4.35. The second-order valence-corrected chi connectivity index (χ2v) is 4.87. The monoisotopic (exact) mass is 275 g/mol. The van der Waals surface area contributed by atoms with Crippen molar-refractivity contribution < 1.29 is 9.90 Å². The van der Waals surface area contributed by atoms with E-state index in [1.54, 1.807) is 24.2 Å². The third-order valence-electron chi connectivity index (χ3n) is 2.41. The van der Waals surface area contributed by atoms with Crippen LogP contribution in [0, 0.1) is 0 Å². The van der Waals surface area contributed by atoms with Crippen LogP contribution in [0.4, 0.5) is 0 Å². The van der Waals surface area contributed by atoms with Gasteiger partial charge in [-0.1, -0.05) is 36.0 Å². The number of thioether (sulfide) groups is 1. The van der Waals surface area contributed by atoms with Crippen molar-refractivity contribution in [3.63, 3.8) is 0 Å². The number of rotatable bonds is 5. The van der Waals surface area contributed by atoms with E-state index in [0.29, 0.717) is 0 Å². The summed E-state index contributed by atoms with van der Waals surface area (Å²) in [5.74, 6) is -0.180. The quantitative estimate of drug-likeness (QED) is 0.669. The van der Waals surface area contributed by atoms with Gasteiger partial charge in [0, 0.05) is 18.9 Å². The van der Waals surface area contributed by atoms with Crippen molar-refractivity contribution in [1.29, 1.82) is 0 Å². The topological polar surface area (TPSA) is 68.0 Å². The van der Waals surface area contributed by atoms with Crippen LogP contribution < -0.4 is 0 Å². The summed E-state index contributed by atoms with van der Waals surface area (Å²) in [6.45, 7) is 0. The van der Waals surface area contributed by atoms with Crippen molar-refractivity contribution in [3.05, 3.63) is 47.8 Å². The molecular weight excluding hydrogens is 262 g/mol. The first-order valence-electron chi connectivity index (χ1n) is 5.62. The first-order chi connectivity index (χ1) is 9.15. The van der Waals surface area contributed by atoms with E-state index in [0.717, 1.165) is 28.1 Å². The number of benzene rings is 1. The standard InChI is InChI=1S/C13H13N3O2S/c1-16-9-14-15-13(16)19-8-11-4-2-3-10(7-11)5-6-12(17)18/h2-7,9H,8H2,1H3,(H,17,18)/b6-5+. The van der Waals surface area contributed by atoms with Crippen LogP contribution in [0.5, 0.6) is 0 Å². The molecule has 0 aliphatic rings. The molecule has 0 radical (unpaired) electrons. The molecule has 0 aliphatic carbocycles. The van der Waals surface area contributed by atoms with E-state index < -0.39 is 5.97 Å². The Balaban J connectivity index is 2.03. The van der Waals surface area contributed by atoms with Crippen molar-refractivity contribution in [3.8, 4) is 0 Å². The van der Waals surface area contributed by atoms with Crippen LogP contribution in [-0.2, 0) is 17.6 Å². The summed E-state index contributed by atoms with van der Waals surface area (Å²) in [6.07, 6.45) is 4.38. The largest absolute Gasteiger partial charge is 0.478 e. The Bertz CT molecular complexity index is 607. The number of carboxylic acid groups (broad SMARTS) is 1. The molecule has 0 unspecified atom stereocenters. The molecule has 2 aromatic rings. The summed E-state index contributed by atoms with van der Waals surface area (Å²) in [7, 11) is 1.90. The molecule has 0 aliphatic heterocycles. The molecule has 0 saturated heterocycles. The zero-order valence-electron chi connectivity index (χ0n) is 10.4. The molecule has 19 heavy (non-hydrogen) atoms. The zero-order chi connectivity index (χ0) is 13.7. The van der Waals surface area contributed by atoms with E-state index in [9.17, 15) is 4.79 Å². The van der Waals surface area contributed by atoms with Gasteiger partial charge in [-0.25, -0.2) is 4.79 Å². The number of aromatic nitrogens is 3. The maximum absolute atomic E-state index is 10.5. The smallest absolute Gasteiger partial charge is 0.328 e. The van der Waals surface area contributed by atoms with Crippen molar-refractivity contribution in [2.24, 2.45) is 7.05 Å². The summed E-state index contributed by atoms with van der Waals surface area (Å²) < 4.78 is 1.86. The van der Waals surface area contributed by atoms with Crippen molar-refractivity contribution in [2.45, 2.75) is 10.9 Å². The lowest BCUT2D eigenvalue weighted by molar-refractivity contribution is -0.131. The van der Waals surface area contributed by atoms with Crippen LogP contribution in [0.25, 0.3) is 6.08 Å². The molecule has 0 amide bonds. The molecule has 1 aromatic heterocycles. The summed E-state index contributed by atoms with van der Waals surface area (Å²) >= 11 is 1.59. The Labute approximate surface area is 115 Å². The molecule has 6 heteroatoms. The highest BCUT2D eigenvalue weighted by Crippen LogP contribution is 2.20. The molecule has 1 heterocycles. The maximum Gasteiger partial charge on any atom is 0.328 e. The maximum atomic E-state index is 10.5. The lowest BCUT2D eigenvalue weighted by atomic mass is 10.1. The molecule has 5 nitrogen and oxygen atoms in total. The fourth-order valence-electron chi connectivity index (χ4n) is 1.51. The van der Waals surface area contributed by atoms with E-state index >= 15 is 0 Å². The minimum Gasteiger partial charge on any atom is -0.478 e. The normalized spacial score (nSPS) is 11.0. The van der Waals surface area contributed by atoms with Crippen LogP contribution in [0.2, 0.25) is 0 Å². The Morgan fingerprint density at radius 2 is 2.37 bits per heavy atom. The van der Waals surface area contributed by atoms with Gasteiger partial charge in [0.25, 0.3) is 0 Å². The highest BCUT2D eigenvalue weighted by atomic mass is 32.2. The average molecular weight is 275 g/mol. The van der Waals surface area contributed by atoms with Crippen molar-refractivity contribution in [1.82, 2.24) is 14.8 Å². The number of carboxylic acids is 1. The third-order valence-corrected chi connectivity index (χ3v) is 3.51. The average Bonchev–Trinajstić information content (AvgIpc) is 2.80. The number of aliphatic carboxylic acids is 1. The highest BCUT2D eigenvalue weighted by Gasteiger charge is 2.02. The van der Waals surface area contributed by atoms with E-state index in [4.69, 9.17) is 5.11 Å². The number of carbonyl (C=O) groups is 1. The van der Waals surface area contributed by atoms with Crippen molar-refractivity contribution >= 4 is 23.8 Å². The highest BCUT2D eigenvalue weighted by molar-refractivity contribution is 7.98. The molecule has 0 bridgehead atoms. The molecule has 1 N–H and O–H groups in total. The molecule has 0 spiro atoms.